The second-order valence-corrected chi connectivity index (χ2v) is 4.37. The van der Waals surface area contributed by atoms with Gasteiger partial charge in [0.2, 0.25) is 0 Å². The zero-order valence-corrected chi connectivity index (χ0v) is 10.0. The highest BCUT2D eigenvalue weighted by atomic mass is 16.5. The largest absolute Gasteiger partial charge is 0.384 e. The number of anilines is 1. The molecule has 0 saturated carbocycles. The molecule has 0 radical (unpaired) electrons. The molecule has 0 bridgehead atoms. The van der Waals surface area contributed by atoms with Crippen molar-refractivity contribution in [3.05, 3.63) is 24.0 Å². The van der Waals surface area contributed by atoms with Crippen LogP contribution in [-0.2, 0) is 4.74 Å². The Kier molecular flexibility index (Phi) is 3.58. The summed E-state index contributed by atoms with van der Waals surface area (Å²) in [6.07, 6.45) is 2.94. The van der Waals surface area contributed by atoms with Gasteiger partial charge in [-0.3, -0.25) is 10.4 Å². The smallest absolute Gasteiger partial charge is 0.141 e. The quantitative estimate of drug-likeness (QED) is 0.598. The predicted octanol–water partition coefficient (Wildman–Crippen LogP) is 0.838. The van der Waals surface area contributed by atoms with Crippen LogP contribution in [0.25, 0.3) is 0 Å². The lowest BCUT2D eigenvalue weighted by molar-refractivity contribution is 0.161. The van der Waals surface area contributed by atoms with Crippen molar-refractivity contribution in [3.63, 3.8) is 0 Å². The molecule has 1 aromatic heterocycles. The van der Waals surface area contributed by atoms with Crippen LogP contribution in [-0.4, -0.2) is 37.6 Å². The van der Waals surface area contributed by atoms with Crippen molar-refractivity contribution in [2.75, 3.05) is 31.7 Å². The molecule has 3 N–H and O–H groups in total. The monoisotopic (exact) mass is 234 g/mol. The molecular formula is C12H18N4O. The molecule has 1 atom stereocenters. The molecule has 1 saturated heterocycles. The number of nitrogens with two attached hydrogens (primary N) is 1. The van der Waals surface area contributed by atoms with Gasteiger partial charge in [0.05, 0.1) is 18.5 Å². The number of nitrogen functional groups attached to an aromatic ring is 1. The van der Waals surface area contributed by atoms with Crippen LogP contribution >= 0.6 is 0 Å². The maximum Gasteiger partial charge on any atom is 0.141 e. The summed E-state index contributed by atoms with van der Waals surface area (Å²) in [5.74, 6) is 0.614. The minimum Gasteiger partial charge on any atom is -0.384 e. The molecule has 5 nitrogen and oxygen atoms in total. The van der Waals surface area contributed by atoms with Crippen LogP contribution in [0.4, 0.5) is 5.69 Å². The van der Waals surface area contributed by atoms with E-state index >= 15 is 0 Å². The zero-order valence-electron chi connectivity index (χ0n) is 10.0. The highest BCUT2D eigenvalue weighted by Gasteiger charge is 2.22. The number of methoxy groups -OCH3 is 1. The third-order valence-corrected chi connectivity index (χ3v) is 3.08. The molecule has 92 valence electrons. The molecule has 5 heteroatoms. The Bertz CT molecular complexity index is 390. The highest BCUT2D eigenvalue weighted by Crippen LogP contribution is 2.23. The normalized spacial score (nSPS) is 19.6. The Morgan fingerprint density at radius 2 is 2.47 bits per heavy atom. The molecule has 0 aromatic carbocycles. The number of hydrogen-bond acceptors (Lipinski definition) is 4. The van der Waals surface area contributed by atoms with E-state index in [1.165, 1.54) is 0 Å². The van der Waals surface area contributed by atoms with Crippen LogP contribution in [0.3, 0.4) is 0 Å². The summed E-state index contributed by atoms with van der Waals surface area (Å²) in [4.78, 5) is 6.46. The average Bonchev–Trinajstić information content (AvgIpc) is 2.78. The maximum atomic E-state index is 7.29. The van der Waals surface area contributed by atoms with E-state index in [2.05, 4.69) is 9.88 Å². The first kappa shape index (κ1) is 11.9. The molecule has 0 aliphatic carbocycles. The molecular weight excluding hydrogens is 216 g/mol. The molecule has 1 aromatic rings. The van der Waals surface area contributed by atoms with E-state index in [-0.39, 0.29) is 5.84 Å². The summed E-state index contributed by atoms with van der Waals surface area (Å²) >= 11 is 0. The lowest BCUT2D eigenvalue weighted by Crippen LogP contribution is -2.21. The number of aromatic nitrogens is 1. The molecule has 0 amide bonds. The van der Waals surface area contributed by atoms with Gasteiger partial charge in [0.1, 0.15) is 11.5 Å². The van der Waals surface area contributed by atoms with Crippen molar-refractivity contribution in [1.29, 1.82) is 5.41 Å². The lowest BCUT2D eigenvalue weighted by atomic mass is 10.1. The molecule has 17 heavy (non-hydrogen) atoms. The van der Waals surface area contributed by atoms with Crippen LogP contribution in [0.1, 0.15) is 12.1 Å². The maximum absolute atomic E-state index is 7.29. The molecule has 1 fully saturated rings. The fourth-order valence-electron chi connectivity index (χ4n) is 2.17. The number of rotatable bonds is 4. The number of nitrogens with zero attached hydrogens (tertiary/aromatic N) is 2. The van der Waals surface area contributed by atoms with Crippen molar-refractivity contribution in [2.45, 2.75) is 6.42 Å². The van der Waals surface area contributed by atoms with Gasteiger partial charge in [-0.15, -0.1) is 0 Å². The summed E-state index contributed by atoms with van der Waals surface area (Å²) in [6.45, 7) is 2.86. The Balaban J connectivity index is 2.01. The SMILES string of the molecule is COCC1CCN(c2ccc(C(=N)N)nc2)C1. The second kappa shape index (κ2) is 5.14. The third-order valence-electron chi connectivity index (χ3n) is 3.08. The van der Waals surface area contributed by atoms with E-state index in [4.69, 9.17) is 15.9 Å². The fraction of sp³-hybridized carbons (Fsp3) is 0.500. The third kappa shape index (κ3) is 2.74. The van der Waals surface area contributed by atoms with E-state index in [9.17, 15) is 0 Å². The van der Waals surface area contributed by atoms with E-state index < -0.39 is 0 Å². The van der Waals surface area contributed by atoms with Crippen LogP contribution in [0.5, 0.6) is 0 Å². The first-order chi connectivity index (χ1) is 8.20. The van der Waals surface area contributed by atoms with Gasteiger partial charge < -0.3 is 15.4 Å². The van der Waals surface area contributed by atoms with Crippen molar-refractivity contribution < 1.29 is 4.74 Å². The minimum atomic E-state index is 0.00947. The van der Waals surface area contributed by atoms with E-state index in [0.29, 0.717) is 11.6 Å². The summed E-state index contributed by atoms with van der Waals surface area (Å²) in [6, 6.07) is 3.76. The highest BCUT2D eigenvalue weighted by molar-refractivity contribution is 5.93. The molecule has 1 aliphatic rings. The molecule has 2 heterocycles. The Hall–Kier alpha value is -1.62. The number of hydrogen-bond donors (Lipinski definition) is 2. The van der Waals surface area contributed by atoms with Gasteiger partial charge in [0.25, 0.3) is 0 Å². The Labute approximate surface area is 101 Å². The zero-order chi connectivity index (χ0) is 12.3. The van der Waals surface area contributed by atoms with E-state index in [1.54, 1.807) is 19.4 Å². The minimum absolute atomic E-state index is 0.00947. The fourth-order valence-corrected chi connectivity index (χ4v) is 2.17. The molecule has 0 spiro atoms. The van der Waals surface area contributed by atoms with Crippen LogP contribution in [0, 0.1) is 11.3 Å². The van der Waals surface area contributed by atoms with Gasteiger partial charge in [-0.2, -0.15) is 0 Å². The van der Waals surface area contributed by atoms with Crippen LogP contribution < -0.4 is 10.6 Å². The van der Waals surface area contributed by atoms with E-state index in [1.807, 2.05) is 6.07 Å². The Morgan fingerprint density at radius 3 is 3.06 bits per heavy atom. The molecule has 1 unspecified atom stereocenters. The van der Waals surface area contributed by atoms with Gasteiger partial charge in [-0.05, 0) is 18.6 Å². The number of amidine groups is 1. The first-order valence-electron chi connectivity index (χ1n) is 5.75. The van der Waals surface area contributed by atoms with Crippen molar-refractivity contribution in [2.24, 2.45) is 11.7 Å². The lowest BCUT2D eigenvalue weighted by Gasteiger charge is -2.18. The summed E-state index contributed by atoms with van der Waals surface area (Å²) < 4.78 is 5.17. The summed E-state index contributed by atoms with van der Waals surface area (Å²) in [5, 5.41) is 7.29. The molecule has 2 rings (SSSR count). The van der Waals surface area contributed by atoms with Crippen LogP contribution in [0.15, 0.2) is 18.3 Å². The van der Waals surface area contributed by atoms with Gasteiger partial charge in [-0.1, -0.05) is 0 Å². The van der Waals surface area contributed by atoms with E-state index in [0.717, 1.165) is 31.8 Å². The van der Waals surface area contributed by atoms with Gasteiger partial charge >= 0.3 is 0 Å². The van der Waals surface area contributed by atoms with Gasteiger partial charge in [0.15, 0.2) is 0 Å². The van der Waals surface area contributed by atoms with Gasteiger partial charge in [-0.25, -0.2) is 0 Å². The summed E-state index contributed by atoms with van der Waals surface area (Å²) in [5.41, 5.74) is 6.99. The van der Waals surface area contributed by atoms with Crippen LogP contribution in [0.2, 0.25) is 0 Å². The van der Waals surface area contributed by atoms with Crippen molar-refractivity contribution in [1.82, 2.24) is 4.98 Å². The predicted molar refractivity (Wildman–Crippen MR) is 67.4 cm³/mol. The van der Waals surface area contributed by atoms with Gasteiger partial charge in [0, 0.05) is 26.1 Å². The Morgan fingerprint density at radius 1 is 1.65 bits per heavy atom. The second-order valence-electron chi connectivity index (χ2n) is 4.37. The number of pyridine rings is 1. The standard InChI is InChI=1S/C12H18N4O/c1-17-8-9-4-5-16(7-9)10-2-3-11(12(13)14)15-6-10/h2-3,6,9H,4-5,7-8H2,1H3,(H3,13,14). The van der Waals surface area contributed by atoms with Crippen molar-refractivity contribution in [3.8, 4) is 0 Å². The van der Waals surface area contributed by atoms with Crippen molar-refractivity contribution >= 4 is 11.5 Å². The summed E-state index contributed by atoms with van der Waals surface area (Å²) in [7, 11) is 1.74. The number of ether oxygens (including phenoxy) is 1. The number of nitrogens with one attached hydrogen (secondary N) is 1. The topological polar surface area (TPSA) is 75.2 Å². The molecule has 1 aliphatic heterocycles. The average molecular weight is 234 g/mol. The first-order valence-corrected chi connectivity index (χ1v) is 5.75.